The Hall–Kier alpha value is -2.21. The second-order valence-corrected chi connectivity index (χ2v) is 3.60. The Morgan fingerprint density at radius 2 is 2.24 bits per heavy atom. The number of benzene rings is 1. The maximum atomic E-state index is 11.9. The highest BCUT2D eigenvalue weighted by molar-refractivity contribution is 6.35. The molecule has 7 heteroatoms. The van der Waals surface area contributed by atoms with Crippen molar-refractivity contribution in [2.45, 2.75) is 0 Å². The quantitative estimate of drug-likeness (QED) is 0.514. The van der Waals surface area contributed by atoms with E-state index in [0.717, 1.165) is 6.07 Å². The summed E-state index contributed by atoms with van der Waals surface area (Å²) in [6.07, 6.45) is 2.94. The molecule has 0 atom stereocenters. The lowest BCUT2D eigenvalue weighted by Crippen LogP contribution is -2.04. The summed E-state index contributed by atoms with van der Waals surface area (Å²) in [5.74, 6) is -0.268. The van der Waals surface area contributed by atoms with Crippen LogP contribution in [0.25, 0.3) is 0 Å². The predicted molar refractivity (Wildman–Crippen MR) is 60.1 cm³/mol. The van der Waals surface area contributed by atoms with Gasteiger partial charge in [0.05, 0.1) is 9.95 Å². The van der Waals surface area contributed by atoms with Crippen molar-refractivity contribution in [3.05, 3.63) is 57.1 Å². The van der Waals surface area contributed by atoms with E-state index in [0.29, 0.717) is 0 Å². The summed E-state index contributed by atoms with van der Waals surface area (Å²) in [6.45, 7) is 0. The number of halogens is 1. The first-order valence-electron chi connectivity index (χ1n) is 4.57. The van der Waals surface area contributed by atoms with E-state index in [4.69, 9.17) is 11.6 Å². The molecule has 1 aromatic heterocycles. The molecule has 1 aromatic carbocycles. The molecule has 1 N–H and O–H groups in total. The Morgan fingerprint density at radius 3 is 2.76 bits per heavy atom. The number of non-ortho nitro benzene ring substituents is 1. The molecule has 6 nitrogen and oxygen atoms in total. The number of imidazole rings is 1. The monoisotopic (exact) mass is 251 g/mol. The van der Waals surface area contributed by atoms with Crippen molar-refractivity contribution in [1.82, 2.24) is 9.97 Å². The van der Waals surface area contributed by atoms with Crippen molar-refractivity contribution >= 4 is 23.1 Å². The SMILES string of the molecule is O=C(c1ncc[nH]1)c1ccc([N+](=O)[O-])cc1Cl. The zero-order chi connectivity index (χ0) is 12.4. The lowest BCUT2D eigenvalue weighted by Gasteiger charge is -2.00. The van der Waals surface area contributed by atoms with Crippen LogP contribution in [0.1, 0.15) is 16.2 Å². The summed E-state index contributed by atoms with van der Waals surface area (Å²) >= 11 is 5.82. The average Bonchev–Trinajstić information content (AvgIpc) is 2.81. The van der Waals surface area contributed by atoms with Gasteiger partial charge in [0.25, 0.3) is 5.69 Å². The molecule has 0 aliphatic rings. The molecule has 0 radical (unpaired) electrons. The summed E-state index contributed by atoms with van der Waals surface area (Å²) in [5.41, 5.74) is 0.0122. The van der Waals surface area contributed by atoms with Gasteiger partial charge in [0.15, 0.2) is 5.82 Å². The molecule has 0 saturated carbocycles. The lowest BCUT2D eigenvalue weighted by molar-refractivity contribution is -0.384. The van der Waals surface area contributed by atoms with Crippen LogP contribution in [0.3, 0.4) is 0 Å². The second kappa shape index (κ2) is 4.34. The minimum atomic E-state index is -0.576. The molecule has 0 fully saturated rings. The number of aromatic amines is 1. The van der Waals surface area contributed by atoms with E-state index in [9.17, 15) is 14.9 Å². The van der Waals surface area contributed by atoms with Crippen LogP contribution in [-0.4, -0.2) is 20.7 Å². The van der Waals surface area contributed by atoms with Gasteiger partial charge in [0, 0.05) is 30.1 Å². The van der Waals surface area contributed by atoms with Crippen LogP contribution in [0.5, 0.6) is 0 Å². The number of nitrogens with one attached hydrogen (secondary N) is 1. The van der Waals surface area contributed by atoms with E-state index in [1.165, 1.54) is 24.5 Å². The number of nitro benzene ring substituents is 1. The molecule has 2 rings (SSSR count). The Balaban J connectivity index is 2.41. The van der Waals surface area contributed by atoms with Crippen LogP contribution in [0, 0.1) is 10.1 Å². The molecule has 0 aliphatic heterocycles. The van der Waals surface area contributed by atoms with Gasteiger partial charge in [-0.05, 0) is 6.07 Å². The van der Waals surface area contributed by atoms with Gasteiger partial charge >= 0.3 is 0 Å². The minimum absolute atomic E-state index is 0.0283. The molecule has 0 unspecified atom stereocenters. The standard InChI is InChI=1S/C10H6ClN3O3/c11-8-5-6(14(16)17)1-2-7(8)9(15)10-12-3-4-13-10/h1-5H,(H,12,13). The van der Waals surface area contributed by atoms with E-state index in [2.05, 4.69) is 9.97 Å². The lowest BCUT2D eigenvalue weighted by atomic mass is 10.1. The Morgan fingerprint density at radius 1 is 1.47 bits per heavy atom. The number of aromatic nitrogens is 2. The second-order valence-electron chi connectivity index (χ2n) is 3.19. The van der Waals surface area contributed by atoms with Crippen molar-refractivity contribution in [3.63, 3.8) is 0 Å². The van der Waals surface area contributed by atoms with Crippen molar-refractivity contribution in [2.75, 3.05) is 0 Å². The Kier molecular flexibility index (Phi) is 2.88. The van der Waals surface area contributed by atoms with Crippen LogP contribution in [-0.2, 0) is 0 Å². The molecule has 86 valence electrons. The number of hydrogen-bond acceptors (Lipinski definition) is 4. The molecule has 17 heavy (non-hydrogen) atoms. The third-order valence-electron chi connectivity index (χ3n) is 2.12. The maximum Gasteiger partial charge on any atom is 0.270 e. The fourth-order valence-corrected chi connectivity index (χ4v) is 1.58. The van der Waals surface area contributed by atoms with E-state index >= 15 is 0 Å². The molecule has 2 aromatic rings. The van der Waals surface area contributed by atoms with Crippen molar-refractivity contribution in [2.24, 2.45) is 0 Å². The van der Waals surface area contributed by atoms with E-state index < -0.39 is 10.7 Å². The fraction of sp³-hybridized carbons (Fsp3) is 0. The van der Waals surface area contributed by atoms with Gasteiger partial charge in [-0.2, -0.15) is 0 Å². The number of carbonyl (C=O) groups is 1. The summed E-state index contributed by atoms with van der Waals surface area (Å²) in [7, 11) is 0. The molecule has 1 heterocycles. The summed E-state index contributed by atoms with van der Waals surface area (Å²) < 4.78 is 0. The van der Waals surface area contributed by atoms with Gasteiger partial charge in [-0.1, -0.05) is 11.6 Å². The molecule has 0 spiro atoms. The van der Waals surface area contributed by atoms with Gasteiger partial charge in [0.2, 0.25) is 5.78 Å². The zero-order valence-electron chi connectivity index (χ0n) is 8.38. The molecule has 0 saturated heterocycles. The van der Waals surface area contributed by atoms with Crippen LogP contribution < -0.4 is 0 Å². The maximum absolute atomic E-state index is 11.9. The van der Waals surface area contributed by atoms with E-state index in [-0.39, 0.29) is 22.1 Å². The van der Waals surface area contributed by atoms with E-state index in [1.54, 1.807) is 0 Å². The van der Waals surface area contributed by atoms with Crippen LogP contribution in [0.15, 0.2) is 30.6 Å². The number of carbonyl (C=O) groups excluding carboxylic acids is 1. The molecule has 0 aliphatic carbocycles. The fourth-order valence-electron chi connectivity index (χ4n) is 1.32. The van der Waals surface area contributed by atoms with Crippen LogP contribution in [0.2, 0.25) is 5.02 Å². The summed E-state index contributed by atoms with van der Waals surface area (Å²) in [6, 6.07) is 3.67. The Bertz CT molecular complexity index is 580. The van der Waals surface area contributed by atoms with Gasteiger partial charge in [-0.25, -0.2) is 4.98 Å². The van der Waals surface area contributed by atoms with Crippen molar-refractivity contribution in [3.8, 4) is 0 Å². The minimum Gasteiger partial charge on any atom is -0.342 e. The topological polar surface area (TPSA) is 88.9 Å². The number of hydrogen-bond donors (Lipinski definition) is 1. The van der Waals surface area contributed by atoms with Crippen LogP contribution >= 0.6 is 11.6 Å². The first-order valence-corrected chi connectivity index (χ1v) is 4.95. The number of H-pyrrole nitrogens is 1. The number of rotatable bonds is 3. The highest BCUT2D eigenvalue weighted by Gasteiger charge is 2.17. The number of ketones is 1. The molecular formula is C10H6ClN3O3. The van der Waals surface area contributed by atoms with Crippen molar-refractivity contribution < 1.29 is 9.72 Å². The Labute approximate surface area is 100 Å². The van der Waals surface area contributed by atoms with Gasteiger partial charge in [0.1, 0.15) is 0 Å². The normalized spacial score (nSPS) is 10.2. The number of nitro groups is 1. The third-order valence-corrected chi connectivity index (χ3v) is 2.43. The van der Waals surface area contributed by atoms with Gasteiger partial charge < -0.3 is 4.98 Å². The first-order chi connectivity index (χ1) is 8.09. The van der Waals surface area contributed by atoms with E-state index in [1.807, 2.05) is 0 Å². The first kappa shape index (κ1) is 11.3. The summed E-state index contributed by atoms with van der Waals surface area (Å²) in [5, 5.41) is 10.5. The van der Waals surface area contributed by atoms with Crippen molar-refractivity contribution in [1.29, 1.82) is 0 Å². The zero-order valence-corrected chi connectivity index (χ0v) is 9.14. The van der Waals surface area contributed by atoms with Crippen LogP contribution in [0.4, 0.5) is 5.69 Å². The number of nitrogens with zero attached hydrogens (tertiary/aromatic N) is 2. The van der Waals surface area contributed by atoms with Gasteiger partial charge in [-0.15, -0.1) is 0 Å². The smallest absolute Gasteiger partial charge is 0.270 e. The largest absolute Gasteiger partial charge is 0.342 e. The average molecular weight is 252 g/mol. The molecular weight excluding hydrogens is 246 g/mol. The summed E-state index contributed by atoms with van der Waals surface area (Å²) in [4.78, 5) is 28.2. The molecule has 0 amide bonds. The van der Waals surface area contributed by atoms with Gasteiger partial charge in [-0.3, -0.25) is 14.9 Å². The highest BCUT2D eigenvalue weighted by Crippen LogP contribution is 2.23. The third kappa shape index (κ3) is 2.16. The predicted octanol–water partition coefficient (Wildman–Crippen LogP) is 2.20. The highest BCUT2D eigenvalue weighted by atomic mass is 35.5. The molecule has 0 bridgehead atoms.